The van der Waals surface area contributed by atoms with E-state index in [2.05, 4.69) is 60.7 Å². The molecule has 22 heavy (non-hydrogen) atoms. The molecule has 1 aliphatic rings. The number of nitrogens with zero attached hydrogens (tertiary/aromatic N) is 1. The van der Waals surface area contributed by atoms with Crippen LogP contribution in [-0.4, -0.2) is 38.8 Å². The molecule has 1 unspecified atom stereocenters. The zero-order valence-electron chi connectivity index (χ0n) is 14.3. The molecule has 0 saturated carbocycles. The summed E-state index contributed by atoms with van der Waals surface area (Å²) < 4.78 is 5.63. The number of aryl methyl sites for hydroxylation is 1. The Kier molecular flexibility index (Phi) is 5.83. The van der Waals surface area contributed by atoms with E-state index in [-0.39, 0.29) is 5.41 Å². The van der Waals surface area contributed by atoms with Crippen molar-refractivity contribution >= 4 is 5.96 Å². The molecule has 2 N–H and O–H groups in total. The van der Waals surface area contributed by atoms with Crippen LogP contribution in [0.4, 0.5) is 0 Å². The third-order valence-electron chi connectivity index (χ3n) is 4.24. The van der Waals surface area contributed by atoms with E-state index in [1.807, 2.05) is 7.05 Å². The van der Waals surface area contributed by atoms with Gasteiger partial charge in [-0.15, -0.1) is 0 Å². The molecule has 4 nitrogen and oxygen atoms in total. The summed E-state index contributed by atoms with van der Waals surface area (Å²) in [5.41, 5.74) is 2.69. The van der Waals surface area contributed by atoms with Gasteiger partial charge in [0.1, 0.15) is 0 Å². The van der Waals surface area contributed by atoms with Crippen molar-refractivity contribution in [1.29, 1.82) is 0 Å². The number of nitrogens with one attached hydrogen (secondary N) is 2. The number of ether oxygens (including phenoxy) is 1. The normalized spacial score (nSPS) is 19.3. The first-order chi connectivity index (χ1) is 10.5. The largest absolute Gasteiger partial charge is 0.376 e. The van der Waals surface area contributed by atoms with E-state index in [9.17, 15) is 0 Å². The molecule has 0 aliphatic carbocycles. The Balaban J connectivity index is 1.86. The predicted molar refractivity (Wildman–Crippen MR) is 92.5 cm³/mol. The molecule has 2 rings (SSSR count). The SMILES string of the molecule is CN=C(NCC1CCCO1)NCC(C)(C)c1cccc(C)c1. The van der Waals surface area contributed by atoms with E-state index in [1.54, 1.807) is 0 Å². The molecule has 1 aromatic rings. The first-order valence-electron chi connectivity index (χ1n) is 8.14. The van der Waals surface area contributed by atoms with Crippen molar-refractivity contribution in [2.75, 3.05) is 26.7 Å². The Morgan fingerprint density at radius 2 is 2.18 bits per heavy atom. The standard InChI is InChI=1S/C18H29N3O/c1-14-7-5-8-15(11-14)18(2,3)13-21-17(19-4)20-12-16-9-6-10-22-16/h5,7-8,11,16H,6,9-10,12-13H2,1-4H3,(H2,19,20,21). The highest BCUT2D eigenvalue weighted by molar-refractivity contribution is 5.79. The Morgan fingerprint density at radius 1 is 1.36 bits per heavy atom. The lowest BCUT2D eigenvalue weighted by Gasteiger charge is -2.27. The summed E-state index contributed by atoms with van der Waals surface area (Å²) in [5.74, 6) is 0.844. The summed E-state index contributed by atoms with van der Waals surface area (Å²) in [6.45, 7) is 9.18. The first-order valence-corrected chi connectivity index (χ1v) is 8.14. The van der Waals surface area contributed by atoms with Gasteiger partial charge in [-0.2, -0.15) is 0 Å². The number of rotatable bonds is 5. The van der Waals surface area contributed by atoms with E-state index in [0.717, 1.165) is 32.1 Å². The third kappa shape index (κ3) is 4.73. The minimum absolute atomic E-state index is 0.0491. The molecule has 122 valence electrons. The fourth-order valence-electron chi connectivity index (χ4n) is 2.71. The van der Waals surface area contributed by atoms with E-state index < -0.39 is 0 Å². The number of hydrogen-bond donors (Lipinski definition) is 2. The van der Waals surface area contributed by atoms with Gasteiger partial charge in [0.15, 0.2) is 5.96 Å². The molecule has 0 amide bonds. The summed E-state index contributed by atoms with van der Waals surface area (Å²) in [7, 11) is 1.81. The lowest BCUT2D eigenvalue weighted by atomic mass is 9.84. The van der Waals surface area contributed by atoms with E-state index in [4.69, 9.17) is 4.74 Å². The molecular weight excluding hydrogens is 274 g/mol. The highest BCUT2D eigenvalue weighted by Crippen LogP contribution is 2.23. The lowest BCUT2D eigenvalue weighted by Crippen LogP contribution is -2.45. The van der Waals surface area contributed by atoms with Crippen molar-refractivity contribution in [2.24, 2.45) is 4.99 Å². The first kappa shape index (κ1) is 16.8. The van der Waals surface area contributed by atoms with Crippen molar-refractivity contribution in [3.8, 4) is 0 Å². The van der Waals surface area contributed by atoms with Gasteiger partial charge in [-0.25, -0.2) is 0 Å². The average molecular weight is 303 g/mol. The van der Waals surface area contributed by atoms with Gasteiger partial charge in [0.05, 0.1) is 6.10 Å². The molecule has 1 aromatic carbocycles. The molecule has 1 heterocycles. The molecule has 1 saturated heterocycles. The fourth-order valence-corrected chi connectivity index (χ4v) is 2.71. The molecule has 0 bridgehead atoms. The maximum absolute atomic E-state index is 5.63. The second-order valence-corrected chi connectivity index (χ2v) is 6.70. The smallest absolute Gasteiger partial charge is 0.191 e. The van der Waals surface area contributed by atoms with Gasteiger partial charge >= 0.3 is 0 Å². The van der Waals surface area contributed by atoms with E-state index >= 15 is 0 Å². The minimum atomic E-state index is 0.0491. The fraction of sp³-hybridized carbons (Fsp3) is 0.611. The number of aliphatic imine (C=N–C) groups is 1. The minimum Gasteiger partial charge on any atom is -0.376 e. The second kappa shape index (κ2) is 7.63. The molecule has 1 aliphatic heterocycles. The van der Waals surface area contributed by atoms with E-state index in [1.165, 1.54) is 17.5 Å². The molecule has 1 fully saturated rings. The van der Waals surface area contributed by atoms with Crippen LogP contribution in [0.1, 0.15) is 37.8 Å². The molecule has 1 atom stereocenters. The highest BCUT2D eigenvalue weighted by Gasteiger charge is 2.21. The van der Waals surface area contributed by atoms with Crippen LogP contribution < -0.4 is 10.6 Å². The van der Waals surface area contributed by atoms with Crippen LogP contribution in [0.2, 0.25) is 0 Å². The summed E-state index contributed by atoms with van der Waals surface area (Å²) in [5, 5.41) is 6.80. The van der Waals surface area contributed by atoms with Gasteiger partial charge in [0.2, 0.25) is 0 Å². The summed E-state index contributed by atoms with van der Waals surface area (Å²) in [6, 6.07) is 8.70. The monoisotopic (exact) mass is 303 g/mol. The molecule has 0 aromatic heterocycles. The second-order valence-electron chi connectivity index (χ2n) is 6.70. The van der Waals surface area contributed by atoms with Gasteiger partial charge < -0.3 is 15.4 Å². The summed E-state index contributed by atoms with van der Waals surface area (Å²) in [6.07, 6.45) is 2.63. The Morgan fingerprint density at radius 3 is 2.82 bits per heavy atom. The van der Waals surface area contributed by atoms with Gasteiger partial charge in [-0.1, -0.05) is 43.7 Å². The Bertz CT molecular complexity index is 505. The molecular formula is C18H29N3O. The lowest BCUT2D eigenvalue weighted by molar-refractivity contribution is 0.114. The van der Waals surface area contributed by atoms with Crippen molar-refractivity contribution in [3.05, 3.63) is 35.4 Å². The van der Waals surface area contributed by atoms with Gasteiger partial charge in [0, 0.05) is 32.2 Å². The number of guanidine groups is 1. The van der Waals surface area contributed by atoms with Crippen molar-refractivity contribution < 1.29 is 4.74 Å². The number of benzene rings is 1. The topological polar surface area (TPSA) is 45.7 Å². The Labute approximate surface area is 134 Å². The zero-order chi connectivity index (χ0) is 16.0. The van der Waals surface area contributed by atoms with Crippen LogP contribution in [-0.2, 0) is 10.2 Å². The van der Waals surface area contributed by atoms with Crippen LogP contribution >= 0.6 is 0 Å². The zero-order valence-corrected chi connectivity index (χ0v) is 14.3. The number of hydrogen-bond acceptors (Lipinski definition) is 2. The van der Waals surface area contributed by atoms with E-state index in [0.29, 0.717) is 6.10 Å². The van der Waals surface area contributed by atoms with Crippen LogP contribution in [0.5, 0.6) is 0 Å². The Hall–Kier alpha value is -1.55. The summed E-state index contributed by atoms with van der Waals surface area (Å²) >= 11 is 0. The molecule has 0 radical (unpaired) electrons. The average Bonchev–Trinajstić information content (AvgIpc) is 3.01. The predicted octanol–water partition coefficient (Wildman–Crippen LogP) is 2.62. The van der Waals surface area contributed by atoms with Crippen LogP contribution in [0, 0.1) is 6.92 Å². The van der Waals surface area contributed by atoms with Gasteiger partial charge in [-0.3, -0.25) is 4.99 Å². The van der Waals surface area contributed by atoms with Gasteiger partial charge in [0.25, 0.3) is 0 Å². The maximum Gasteiger partial charge on any atom is 0.191 e. The third-order valence-corrected chi connectivity index (χ3v) is 4.24. The van der Waals surface area contributed by atoms with Gasteiger partial charge in [-0.05, 0) is 25.3 Å². The summed E-state index contributed by atoms with van der Waals surface area (Å²) in [4.78, 5) is 4.30. The van der Waals surface area contributed by atoms with Crippen LogP contribution in [0.15, 0.2) is 29.3 Å². The van der Waals surface area contributed by atoms with Crippen LogP contribution in [0.25, 0.3) is 0 Å². The quantitative estimate of drug-likeness (QED) is 0.649. The van der Waals surface area contributed by atoms with Crippen molar-refractivity contribution in [1.82, 2.24) is 10.6 Å². The molecule has 0 spiro atoms. The maximum atomic E-state index is 5.63. The highest BCUT2D eigenvalue weighted by atomic mass is 16.5. The van der Waals surface area contributed by atoms with Crippen molar-refractivity contribution in [3.63, 3.8) is 0 Å². The van der Waals surface area contributed by atoms with Crippen molar-refractivity contribution in [2.45, 2.75) is 45.1 Å². The van der Waals surface area contributed by atoms with Crippen LogP contribution in [0.3, 0.4) is 0 Å². The molecule has 4 heteroatoms.